The van der Waals surface area contributed by atoms with Gasteiger partial charge in [0.15, 0.2) is 0 Å². The molecule has 1 aromatic heterocycles. The molecule has 2 heterocycles. The highest BCUT2D eigenvalue weighted by atomic mass is 16.5. The number of methoxy groups -OCH3 is 1. The SMILES string of the molecule is COCCCOc1nc(N)nc(N2CCOCC2)n1. The van der Waals surface area contributed by atoms with Crippen LogP contribution < -0.4 is 15.4 Å². The van der Waals surface area contributed by atoms with Crippen LogP contribution in [0, 0.1) is 0 Å². The van der Waals surface area contributed by atoms with Gasteiger partial charge in [-0.2, -0.15) is 15.0 Å². The number of nitrogens with two attached hydrogens (primary N) is 1. The van der Waals surface area contributed by atoms with Gasteiger partial charge >= 0.3 is 6.01 Å². The Labute approximate surface area is 111 Å². The summed E-state index contributed by atoms with van der Waals surface area (Å²) in [5.41, 5.74) is 5.67. The van der Waals surface area contributed by atoms with Crippen LogP contribution >= 0.6 is 0 Å². The van der Waals surface area contributed by atoms with E-state index in [1.165, 1.54) is 0 Å². The molecule has 0 atom stereocenters. The number of anilines is 2. The predicted molar refractivity (Wildman–Crippen MR) is 69.3 cm³/mol. The van der Waals surface area contributed by atoms with Gasteiger partial charge in [0, 0.05) is 33.2 Å². The Balaban J connectivity index is 1.97. The summed E-state index contributed by atoms with van der Waals surface area (Å²) < 4.78 is 15.7. The van der Waals surface area contributed by atoms with Crippen LogP contribution in [0.5, 0.6) is 6.01 Å². The van der Waals surface area contributed by atoms with E-state index >= 15 is 0 Å². The molecule has 2 N–H and O–H groups in total. The van der Waals surface area contributed by atoms with E-state index in [-0.39, 0.29) is 12.0 Å². The summed E-state index contributed by atoms with van der Waals surface area (Å²) in [4.78, 5) is 14.3. The molecule has 2 rings (SSSR count). The monoisotopic (exact) mass is 269 g/mol. The summed E-state index contributed by atoms with van der Waals surface area (Å²) in [6, 6.07) is 0.255. The molecule has 0 radical (unpaired) electrons. The molecule has 0 amide bonds. The standard InChI is InChI=1S/C11H19N5O3/c1-17-5-2-6-19-11-14-9(12)13-10(15-11)16-3-7-18-8-4-16/h2-8H2,1H3,(H2,12,13,14,15). The lowest BCUT2D eigenvalue weighted by molar-refractivity contribution is 0.122. The molecule has 1 aliphatic heterocycles. The molecule has 0 bridgehead atoms. The average molecular weight is 269 g/mol. The molecule has 8 nitrogen and oxygen atoms in total. The van der Waals surface area contributed by atoms with Gasteiger partial charge < -0.3 is 24.8 Å². The zero-order valence-corrected chi connectivity index (χ0v) is 11.0. The van der Waals surface area contributed by atoms with Gasteiger partial charge in [-0.15, -0.1) is 0 Å². The molecule has 0 unspecified atom stereocenters. The molecule has 0 saturated carbocycles. The number of ether oxygens (including phenoxy) is 3. The minimum atomic E-state index is 0.165. The number of morpholine rings is 1. The third-order valence-corrected chi connectivity index (χ3v) is 2.64. The van der Waals surface area contributed by atoms with Crippen LogP contribution in [0.3, 0.4) is 0 Å². The van der Waals surface area contributed by atoms with Gasteiger partial charge in [0.2, 0.25) is 11.9 Å². The van der Waals surface area contributed by atoms with Crippen molar-refractivity contribution < 1.29 is 14.2 Å². The minimum absolute atomic E-state index is 0.165. The van der Waals surface area contributed by atoms with Crippen LogP contribution in [0.25, 0.3) is 0 Å². The lowest BCUT2D eigenvalue weighted by Crippen LogP contribution is -2.37. The normalized spacial score (nSPS) is 15.5. The summed E-state index contributed by atoms with van der Waals surface area (Å²) in [7, 11) is 1.65. The summed E-state index contributed by atoms with van der Waals surface area (Å²) in [6.07, 6.45) is 0.773. The number of hydrogen-bond donors (Lipinski definition) is 1. The van der Waals surface area contributed by atoms with E-state index < -0.39 is 0 Å². The molecule has 1 aliphatic rings. The zero-order valence-electron chi connectivity index (χ0n) is 11.0. The molecule has 0 aliphatic carbocycles. The molecule has 1 saturated heterocycles. The van der Waals surface area contributed by atoms with Gasteiger partial charge in [-0.25, -0.2) is 0 Å². The first-order valence-electron chi connectivity index (χ1n) is 6.25. The number of aromatic nitrogens is 3. The molecular formula is C11H19N5O3. The number of nitrogens with zero attached hydrogens (tertiary/aromatic N) is 4. The van der Waals surface area contributed by atoms with E-state index in [4.69, 9.17) is 19.9 Å². The van der Waals surface area contributed by atoms with Crippen LogP contribution in [-0.4, -0.2) is 61.6 Å². The van der Waals surface area contributed by atoms with Crippen molar-refractivity contribution in [3.63, 3.8) is 0 Å². The Kier molecular flexibility index (Phi) is 5.10. The quantitative estimate of drug-likeness (QED) is 0.704. The van der Waals surface area contributed by atoms with Crippen molar-refractivity contribution in [2.45, 2.75) is 6.42 Å². The molecular weight excluding hydrogens is 250 g/mol. The Hall–Kier alpha value is -1.67. The fourth-order valence-corrected chi connectivity index (χ4v) is 1.70. The molecule has 106 valence electrons. The smallest absolute Gasteiger partial charge is 0.323 e. The van der Waals surface area contributed by atoms with Crippen LogP contribution in [0.4, 0.5) is 11.9 Å². The largest absolute Gasteiger partial charge is 0.463 e. The highest BCUT2D eigenvalue weighted by molar-refractivity contribution is 5.36. The Morgan fingerprint density at radius 1 is 1.21 bits per heavy atom. The highest BCUT2D eigenvalue weighted by Crippen LogP contribution is 2.14. The van der Waals surface area contributed by atoms with Gasteiger partial charge in [0.05, 0.1) is 19.8 Å². The van der Waals surface area contributed by atoms with Crippen molar-refractivity contribution in [3.8, 4) is 6.01 Å². The first-order chi connectivity index (χ1) is 9.29. The Bertz CT molecular complexity index is 398. The number of rotatable bonds is 6. The molecule has 1 fully saturated rings. The molecule has 0 aromatic carbocycles. The molecule has 19 heavy (non-hydrogen) atoms. The van der Waals surface area contributed by atoms with E-state index in [1.54, 1.807) is 7.11 Å². The van der Waals surface area contributed by atoms with Gasteiger partial charge in [0.25, 0.3) is 0 Å². The fraction of sp³-hybridized carbons (Fsp3) is 0.727. The first-order valence-corrected chi connectivity index (χ1v) is 6.25. The van der Waals surface area contributed by atoms with E-state index in [2.05, 4.69) is 15.0 Å². The third kappa shape index (κ3) is 4.18. The number of nitrogen functional groups attached to an aromatic ring is 1. The van der Waals surface area contributed by atoms with Crippen LogP contribution in [0.1, 0.15) is 6.42 Å². The van der Waals surface area contributed by atoms with E-state index in [0.717, 1.165) is 19.5 Å². The van der Waals surface area contributed by atoms with E-state index in [9.17, 15) is 0 Å². The Morgan fingerprint density at radius 2 is 2.00 bits per heavy atom. The van der Waals surface area contributed by atoms with Crippen molar-refractivity contribution in [2.75, 3.05) is 57.3 Å². The second-order valence-electron chi connectivity index (χ2n) is 4.07. The maximum atomic E-state index is 5.67. The van der Waals surface area contributed by atoms with Gasteiger partial charge in [-0.1, -0.05) is 0 Å². The minimum Gasteiger partial charge on any atom is -0.463 e. The van der Waals surface area contributed by atoms with Crippen LogP contribution in [0.15, 0.2) is 0 Å². The highest BCUT2D eigenvalue weighted by Gasteiger charge is 2.16. The fourth-order valence-electron chi connectivity index (χ4n) is 1.70. The van der Waals surface area contributed by atoms with E-state index in [1.807, 2.05) is 4.90 Å². The van der Waals surface area contributed by atoms with E-state index in [0.29, 0.717) is 32.4 Å². The van der Waals surface area contributed by atoms with Crippen molar-refractivity contribution in [2.24, 2.45) is 0 Å². The predicted octanol–water partition coefficient (Wildman–Crippen LogP) is -0.294. The lowest BCUT2D eigenvalue weighted by Gasteiger charge is -2.26. The number of hydrogen-bond acceptors (Lipinski definition) is 8. The summed E-state index contributed by atoms with van der Waals surface area (Å²) >= 11 is 0. The Morgan fingerprint density at radius 3 is 2.74 bits per heavy atom. The maximum absolute atomic E-state index is 5.67. The average Bonchev–Trinajstić information content (AvgIpc) is 2.44. The topological polar surface area (TPSA) is 95.6 Å². The van der Waals surface area contributed by atoms with Crippen molar-refractivity contribution in [1.82, 2.24) is 15.0 Å². The van der Waals surface area contributed by atoms with Crippen LogP contribution in [0.2, 0.25) is 0 Å². The van der Waals surface area contributed by atoms with Crippen molar-refractivity contribution in [1.29, 1.82) is 0 Å². The van der Waals surface area contributed by atoms with Crippen LogP contribution in [-0.2, 0) is 9.47 Å². The molecule has 0 spiro atoms. The third-order valence-electron chi connectivity index (χ3n) is 2.64. The van der Waals surface area contributed by atoms with Gasteiger partial charge in [0.1, 0.15) is 0 Å². The zero-order chi connectivity index (χ0) is 13.5. The second-order valence-corrected chi connectivity index (χ2v) is 4.07. The molecule has 1 aromatic rings. The van der Waals surface area contributed by atoms with Crippen molar-refractivity contribution in [3.05, 3.63) is 0 Å². The lowest BCUT2D eigenvalue weighted by atomic mass is 10.4. The molecule has 8 heteroatoms. The maximum Gasteiger partial charge on any atom is 0.323 e. The first kappa shape index (κ1) is 13.8. The summed E-state index contributed by atoms with van der Waals surface area (Å²) in [6.45, 7) is 3.93. The van der Waals surface area contributed by atoms with Gasteiger partial charge in [-0.3, -0.25) is 0 Å². The van der Waals surface area contributed by atoms with Crippen molar-refractivity contribution >= 4 is 11.9 Å². The second kappa shape index (κ2) is 7.05. The summed E-state index contributed by atoms with van der Waals surface area (Å²) in [5, 5.41) is 0. The summed E-state index contributed by atoms with van der Waals surface area (Å²) in [5.74, 6) is 0.704. The van der Waals surface area contributed by atoms with Gasteiger partial charge in [-0.05, 0) is 0 Å².